The first-order valence-corrected chi connectivity index (χ1v) is 13.0. The molecule has 3 aromatic rings. The standard InChI is InChI=1S/C26H28ClN3O3S/c1-20-7-6-8-23(17-20)30(34(32,33)24-9-4-3-5-10-24)19-26(31)29-15-13-28(14-16-29)25-18-22(27)12-11-21(25)2/h3-12,17-18H,13-16,19H2,1-2H3. The van der Waals surface area contributed by atoms with Gasteiger partial charge >= 0.3 is 0 Å². The van der Waals surface area contributed by atoms with Gasteiger partial charge in [-0.2, -0.15) is 0 Å². The molecule has 1 heterocycles. The molecule has 0 N–H and O–H groups in total. The number of carbonyl (C=O) groups is 1. The normalized spacial score (nSPS) is 14.2. The van der Waals surface area contributed by atoms with Crippen molar-refractivity contribution in [1.29, 1.82) is 0 Å². The molecule has 0 saturated carbocycles. The van der Waals surface area contributed by atoms with Crippen LogP contribution in [0.25, 0.3) is 0 Å². The van der Waals surface area contributed by atoms with Crippen molar-refractivity contribution in [3.8, 4) is 0 Å². The van der Waals surface area contributed by atoms with Crippen molar-refractivity contribution in [1.82, 2.24) is 4.90 Å². The number of halogens is 1. The minimum atomic E-state index is -3.91. The van der Waals surface area contributed by atoms with E-state index < -0.39 is 10.0 Å². The topological polar surface area (TPSA) is 60.9 Å². The van der Waals surface area contributed by atoms with E-state index in [1.807, 2.05) is 38.1 Å². The lowest BCUT2D eigenvalue weighted by atomic mass is 10.1. The third-order valence-electron chi connectivity index (χ3n) is 6.04. The Labute approximate surface area is 206 Å². The number of piperazine rings is 1. The third kappa shape index (κ3) is 5.21. The van der Waals surface area contributed by atoms with E-state index in [1.165, 1.54) is 4.31 Å². The number of amides is 1. The summed E-state index contributed by atoms with van der Waals surface area (Å²) in [4.78, 5) is 17.4. The van der Waals surface area contributed by atoms with Crippen molar-refractivity contribution in [2.24, 2.45) is 0 Å². The van der Waals surface area contributed by atoms with Gasteiger partial charge in [-0.05, 0) is 61.4 Å². The maximum atomic E-state index is 13.5. The van der Waals surface area contributed by atoms with Crippen LogP contribution in [0.1, 0.15) is 11.1 Å². The molecule has 1 aliphatic heterocycles. The van der Waals surface area contributed by atoms with Gasteiger partial charge in [0.2, 0.25) is 5.91 Å². The summed E-state index contributed by atoms with van der Waals surface area (Å²) in [6.07, 6.45) is 0. The van der Waals surface area contributed by atoms with Crippen LogP contribution < -0.4 is 9.21 Å². The van der Waals surface area contributed by atoms with Crippen molar-refractivity contribution in [2.75, 3.05) is 41.9 Å². The number of hydrogen-bond acceptors (Lipinski definition) is 4. The van der Waals surface area contributed by atoms with E-state index in [0.29, 0.717) is 36.9 Å². The zero-order valence-electron chi connectivity index (χ0n) is 19.3. The minimum Gasteiger partial charge on any atom is -0.368 e. The van der Waals surface area contributed by atoms with Crippen LogP contribution in [0, 0.1) is 13.8 Å². The predicted molar refractivity (Wildman–Crippen MR) is 137 cm³/mol. The first-order valence-electron chi connectivity index (χ1n) is 11.2. The Bertz CT molecular complexity index is 1270. The molecule has 6 nitrogen and oxygen atoms in total. The average molecular weight is 498 g/mol. The van der Waals surface area contributed by atoms with Gasteiger partial charge in [0.05, 0.1) is 10.6 Å². The van der Waals surface area contributed by atoms with E-state index in [1.54, 1.807) is 53.4 Å². The maximum absolute atomic E-state index is 13.5. The molecule has 34 heavy (non-hydrogen) atoms. The van der Waals surface area contributed by atoms with E-state index in [-0.39, 0.29) is 17.3 Å². The van der Waals surface area contributed by atoms with Crippen LogP contribution in [0.15, 0.2) is 77.7 Å². The van der Waals surface area contributed by atoms with Crippen LogP contribution in [-0.2, 0) is 14.8 Å². The predicted octanol–water partition coefficient (Wildman–Crippen LogP) is 4.50. The molecule has 178 valence electrons. The Morgan fingerprint density at radius 2 is 1.62 bits per heavy atom. The Morgan fingerprint density at radius 1 is 0.912 bits per heavy atom. The average Bonchev–Trinajstić information content (AvgIpc) is 2.84. The minimum absolute atomic E-state index is 0.158. The second kappa shape index (κ2) is 10.1. The summed E-state index contributed by atoms with van der Waals surface area (Å²) in [7, 11) is -3.91. The zero-order chi connectivity index (χ0) is 24.3. The highest BCUT2D eigenvalue weighted by molar-refractivity contribution is 7.92. The fourth-order valence-electron chi connectivity index (χ4n) is 4.16. The first kappa shape index (κ1) is 24.1. The highest BCUT2D eigenvalue weighted by Gasteiger charge is 2.30. The van der Waals surface area contributed by atoms with E-state index >= 15 is 0 Å². The first-order chi connectivity index (χ1) is 16.3. The molecule has 0 unspecified atom stereocenters. The summed E-state index contributed by atoms with van der Waals surface area (Å²) in [5.74, 6) is -0.219. The van der Waals surface area contributed by atoms with Gasteiger partial charge in [-0.25, -0.2) is 8.42 Å². The maximum Gasteiger partial charge on any atom is 0.264 e. The number of aryl methyl sites for hydroxylation is 2. The molecular weight excluding hydrogens is 470 g/mol. The van der Waals surface area contributed by atoms with Gasteiger partial charge in [0.1, 0.15) is 6.54 Å². The van der Waals surface area contributed by atoms with Crippen molar-refractivity contribution in [3.63, 3.8) is 0 Å². The third-order valence-corrected chi connectivity index (χ3v) is 8.07. The molecule has 0 spiro atoms. The molecule has 0 atom stereocenters. The molecule has 1 aliphatic rings. The van der Waals surface area contributed by atoms with Gasteiger partial charge in [0, 0.05) is 36.9 Å². The van der Waals surface area contributed by atoms with Crippen LogP contribution in [-0.4, -0.2) is 51.9 Å². The van der Waals surface area contributed by atoms with Crippen LogP contribution in [0.3, 0.4) is 0 Å². The highest BCUT2D eigenvalue weighted by Crippen LogP contribution is 2.27. The number of benzene rings is 3. The molecule has 0 aromatic heterocycles. The summed E-state index contributed by atoms with van der Waals surface area (Å²) >= 11 is 6.18. The fraction of sp³-hybridized carbons (Fsp3) is 0.269. The molecule has 0 aliphatic carbocycles. The van der Waals surface area contributed by atoms with Crippen molar-refractivity contribution in [2.45, 2.75) is 18.7 Å². The summed E-state index contributed by atoms with van der Waals surface area (Å²) in [5, 5.41) is 0.680. The SMILES string of the molecule is Cc1cccc(N(CC(=O)N2CCN(c3cc(Cl)ccc3C)CC2)S(=O)(=O)c2ccccc2)c1. The van der Waals surface area contributed by atoms with Gasteiger partial charge < -0.3 is 9.80 Å². The Balaban J connectivity index is 1.53. The number of nitrogens with zero attached hydrogens (tertiary/aromatic N) is 3. The second-order valence-corrected chi connectivity index (χ2v) is 10.8. The zero-order valence-corrected chi connectivity index (χ0v) is 20.9. The van der Waals surface area contributed by atoms with E-state index in [2.05, 4.69) is 4.90 Å². The Kier molecular flexibility index (Phi) is 7.14. The van der Waals surface area contributed by atoms with Crippen LogP contribution in [0.2, 0.25) is 5.02 Å². The second-order valence-electron chi connectivity index (χ2n) is 8.46. The lowest BCUT2D eigenvalue weighted by molar-refractivity contribution is -0.129. The summed E-state index contributed by atoms with van der Waals surface area (Å²) in [5.41, 5.74) is 3.59. The molecule has 1 saturated heterocycles. The molecule has 1 fully saturated rings. The molecule has 0 bridgehead atoms. The highest BCUT2D eigenvalue weighted by atomic mass is 35.5. The Hall–Kier alpha value is -3.03. The fourth-order valence-corrected chi connectivity index (χ4v) is 5.75. The monoisotopic (exact) mass is 497 g/mol. The summed E-state index contributed by atoms with van der Waals surface area (Å²) in [6, 6.07) is 21.2. The largest absolute Gasteiger partial charge is 0.368 e. The quantitative estimate of drug-likeness (QED) is 0.503. The van der Waals surface area contributed by atoms with Crippen molar-refractivity contribution in [3.05, 3.63) is 88.9 Å². The number of anilines is 2. The van der Waals surface area contributed by atoms with E-state index in [4.69, 9.17) is 11.6 Å². The molecule has 1 amide bonds. The summed E-state index contributed by atoms with van der Waals surface area (Å²) < 4.78 is 28.2. The number of carbonyl (C=O) groups excluding carboxylic acids is 1. The van der Waals surface area contributed by atoms with Gasteiger partial charge in [-0.3, -0.25) is 9.10 Å². The van der Waals surface area contributed by atoms with Crippen LogP contribution in [0.4, 0.5) is 11.4 Å². The number of hydrogen-bond donors (Lipinski definition) is 0. The summed E-state index contributed by atoms with van der Waals surface area (Å²) in [6.45, 7) is 6.02. The van der Waals surface area contributed by atoms with Gasteiger partial charge in [-0.15, -0.1) is 0 Å². The van der Waals surface area contributed by atoms with E-state index in [9.17, 15) is 13.2 Å². The van der Waals surface area contributed by atoms with E-state index in [0.717, 1.165) is 16.8 Å². The molecule has 8 heteroatoms. The van der Waals surface area contributed by atoms with Crippen molar-refractivity contribution < 1.29 is 13.2 Å². The molecule has 4 rings (SSSR count). The van der Waals surface area contributed by atoms with Crippen LogP contribution >= 0.6 is 11.6 Å². The van der Waals surface area contributed by atoms with Gasteiger partial charge in [0.15, 0.2) is 0 Å². The smallest absolute Gasteiger partial charge is 0.264 e. The lowest BCUT2D eigenvalue weighted by Crippen LogP contribution is -2.52. The lowest BCUT2D eigenvalue weighted by Gasteiger charge is -2.37. The molecular formula is C26H28ClN3O3S. The molecule has 0 radical (unpaired) electrons. The number of sulfonamides is 1. The van der Waals surface area contributed by atoms with Crippen LogP contribution in [0.5, 0.6) is 0 Å². The van der Waals surface area contributed by atoms with Gasteiger partial charge in [-0.1, -0.05) is 48.0 Å². The Morgan fingerprint density at radius 3 is 2.29 bits per heavy atom. The number of rotatable bonds is 6. The van der Waals surface area contributed by atoms with Crippen molar-refractivity contribution >= 4 is 38.9 Å². The molecule has 3 aromatic carbocycles. The van der Waals surface area contributed by atoms with Gasteiger partial charge in [0.25, 0.3) is 10.0 Å².